The molecule has 2 N–H and O–H groups in total. The van der Waals surface area contributed by atoms with E-state index in [0.29, 0.717) is 53.9 Å². The molecule has 1 amide bonds. The summed E-state index contributed by atoms with van der Waals surface area (Å²) in [6, 6.07) is 8.15. The molecule has 3 aromatic rings. The van der Waals surface area contributed by atoms with Gasteiger partial charge >= 0.3 is 0 Å². The van der Waals surface area contributed by atoms with Crippen LogP contribution >= 0.6 is 0 Å². The van der Waals surface area contributed by atoms with Gasteiger partial charge < -0.3 is 19.7 Å². The fourth-order valence-corrected chi connectivity index (χ4v) is 5.22. The summed E-state index contributed by atoms with van der Waals surface area (Å²) in [6.07, 6.45) is -0.446. The van der Waals surface area contributed by atoms with E-state index in [1.807, 2.05) is 4.90 Å². The third-order valence-corrected chi connectivity index (χ3v) is 6.59. The fraction of sp³-hybridized carbons (Fsp3) is 0.375. The predicted octanol–water partition coefficient (Wildman–Crippen LogP) is 3.80. The molecule has 33 heavy (non-hydrogen) atoms. The topological polar surface area (TPSA) is 91.3 Å². The number of phenols is 1. The second-order valence-corrected chi connectivity index (χ2v) is 8.58. The lowest BCUT2D eigenvalue weighted by Gasteiger charge is -2.48. The summed E-state index contributed by atoms with van der Waals surface area (Å²) in [5.74, 6) is -0.131. The fourth-order valence-electron chi connectivity index (χ4n) is 5.22. The van der Waals surface area contributed by atoms with E-state index in [2.05, 4.69) is 21.8 Å². The smallest absolute Gasteiger partial charge is 0.246 e. The number of aromatic amines is 1. The Labute approximate surface area is 189 Å². The van der Waals surface area contributed by atoms with E-state index in [1.165, 1.54) is 6.08 Å². The molecule has 0 radical (unpaired) electrons. The number of nitrogens with one attached hydrogen (secondary N) is 1. The summed E-state index contributed by atoms with van der Waals surface area (Å²) < 4.78 is 32.9. The van der Waals surface area contributed by atoms with Gasteiger partial charge in [0, 0.05) is 29.0 Å². The van der Waals surface area contributed by atoms with Crippen LogP contribution in [0.1, 0.15) is 30.0 Å². The van der Waals surface area contributed by atoms with E-state index >= 15 is 0 Å². The highest BCUT2D eigenvalue weighted by atomic mass is 19.3. The van der Waals surface area contributed by atoms with Crippen LogP contribution in [0.5, 0.6) is 5.75 Å². The number of hydrogen-bond acceptors (Lipinski definition) is 5. The third kappa shape index (κ3) is 3.86. The number of piperidine rings is 1. The second-order valence-electron chi connectivity index (χ2n) is 8.58. The van der Waals surface area contributed by atoms with Gasteiger partial charge in [-0.2, -0.15) is 0 Å². The number of benzene rings is 1. The van der Waals surface area contributed by atoms with Crippen LogP contribution < -0.4 is 0 Å². The van der Waals surface area contributed by atoms with Gasteiger partial charge in [-0.3, -0.25) is 4.79 Å². The number of halogens is 2. The van der Waals surface area contributed by atoms with Crippen LogP contribution in [0.15, 0.2) is 43.0 Å². The van der Waals surface area contributed by atoms with Crippen molar-refractivity contribution in [2.24, 2.45) is 0 Å². The minimum atomic E-state index is -2.53. The van der Waals surface area contributed by atoms with Gasteiger partial charge in [-0.05, 0) is 42.7 Å². The standard InChI is InChI=1S/C24H24F2N4O3/c1-2-22(32)30-14-7-13(8-15(30)12-33-11-14)23-17(10-21(25)26)18-9-19(28-29-24(18)27-23)16-5-3-4-6-20(16)31/h2-6,9,13-15,21,31H,1,7-8,10-12H2,(H,27,29)/t13?,14-,15+. The molecule has 2 aromatic heterocycles. The monoisotopic (exact) mass is 454 g/mol. The highest BCUT2D eigenvalue weighted by Gasteiger charge is 2.42. The molecule has 2 saturated heterocycles. The lowest BCUT2D eigenvalue weighted by atomic mass is 9.81. The van der Waals surface area contributed by atoms with Crippen molar-refractivity contribution in [2.45, 2.75) is 43.7 Å². The first kappa shape index (κ1) is 21.5. The number of hydrogen-bond donors (Lipinski definition) is 2. The maximum Gasteiger partial charge on any atom is 0.246 e. The number of aromatic nitrogens is 3. The largest absolute Gasteiger partial charge is 0.507 e. The van der Waals surface area contributed by atoms with Gasteiger partial charge in [-0.1, -0.05) is 18.7 Å². The average Bonchev–Trinajstić information content (AvgIpc) is 3.15. The summed E-state index contributed by atoms with van der Waals surface area (Å²) in [4.78, 5) is 17.4. The number of ether oxygens (including phenoxy) is 1. The zero-order valence-electron chi connectivity index (χ0n) is 17.9. The van der Waals surface area contributed by atoms with E-state index in [-0.39, 0.29) is 29.7 Å². The molecule has 172 valence electrons. The Bertz CT molecular complexity index is 1200. The normalized spacial score (nSPS) is 22.6. The number of para-hydroxylation sites is 1. The molecule has 2 bridgehead atoms. The first-order valence-corrected chi connectivity index (χ1v) is 10.9. The number of carbonyl (C=O) groups excluding carboxylic acids is 1. The number of amides is 1. The van der Waals surface area contributed by atoms with E-state index < -0.39 is 12.8 Å². The second kappa shape index (κ2) is 8.55. The van der Waals surface area contributed by atoms with Crippen molar-refractivity contribution >= 4 is 16.9 Å². The number of aromatic hydroxyl groups is 1. The number of nitrogens with zero attached hydrogens (tertiary/aromatic N) is 3. The Balaban J connectivity index is 1.56. The summed E-state index contributed by atoms with van der Waals surface area (Å²) in [6.45, 7) is 4.42. The van der Waals surface area contributed by atoms with Crippen molar-refractivity contribution in [1.29, 1.82) is 0 Å². The first-order chi connectivity index (χ1) is 16.0. The van der Waals surface area contributed by atoms with Crippen LogP contribution in [0.25, 0.3) is 22.3 Å². The van der Waals surface area contributed by atoms with Gasteiger partial charge in [0.15, 0.2) is 5.65 Å². The molecule has 7 nitrogen and oxygen atoms in total. The molecular formula is C24H24F2N4O3. The van der Waals surface area contributed by atoms with Crippen LogP contribution in [-0.4, -0.2) is 62.8 Å². The number of fused-ring (bicyclic) bond motifs is 3. The zero-order valence-corrected chi connectivity index (χ0v) is 17.9. The lowest BCUT2D eigenvalue weighted by molar-refractivity contribution is -0.146. The molecule has 9 heteroatoms. The van der Waals surface area contributed by atoms with Crippen LogP contribution in [-0.2, 0) is 16.0 Å². The molecular weight excluding hydrogens is 430 g/mol. The molecule has 2 aliphatic heterocycles. The zero-order chi connectivity index (χ0) is 23.1. The van der Waals surface area contributed by atoms with E-state index in [4.69, 9.17) is 4.74 Å². The molecule has 4 heterocycles. The number of carbonyl (C=O) groups is 1. The maximum absolute atomic E-state index is 13.6. The minimum absolute atomic E-state index is 0.0457. The number of rotatable bonds is 5. The van der Waals surface area contributed by atoms with Gasteiger partial charge in [0.1, 0.15) is 5.75 Å². The number of H-pyrrole nitrogens is 1. The molecule has 0 spiro atoms. The number of phenolic OH excluding ortho intramolecular Hbond substituents is 1. The van der Waals surface area contributed by atoms with Gasteiger partial charge in [-0.15, -0.1) is 10.2 Å². The van der Waals surface area contributed by atoms with Crippen molar-refractivity contribution in [2.75, 3.05) is 13.2 Å². The SMILES string of the molecule is C=CC(=O)N1[C@@H]2COC[C@H]1CC(c1[nH]c3nnc(-c4ccccc4O)cc3c1CC(F)F)C2. The maximum atomic E-state index is 13.6. The number of alkyl halides is 2. The van der Waals surface area contributed by atoms with Crippen LogP contribution in [0.4, 0.5) is 8.78 Å². The highest BCUT2D eigenvalue weighted by Crippen LogP contribution is 2.41. The van der Waals surface area contributed by atoms with Gasteiger partial charge in [0.25, 0.3) is 0 Å². The molecule has 3 atom stereocenters. The van der Waals surface area contributed by atoms with Crippen molar-refractivity contribution in [3.05, 3.63) is 54.2 Å². The average molecular weight is 454 g/mol. The summed E-state index contributed by atoms with van der Waals surface area (Å²) >= 11 is 0. The summed E-state index contributed by atoms with van der Waals surface area (Å²) in [7, 11) is 0. The summed E-state index contributed by atoms with van der Waals surface area (Å²) in [5.41, 5.74) is 2.57. The van der Waals surface area contributed by atoms with Gasteiger partial charge in [-0.25, -0.2) is 8.78 Å². The Morgan fingerprint density at radius 2 is 2.00 bits per heavy atom. The van der Waals surface area contributed by atoms with Crippen molar-refractivity contribution in [3.63, 3.8) is 0 Å². The molecule has 0 saturated carbocycles. The van der Waals surface area contributed by atoms with Crippen LogP contribution in [0.3, 0.4) is 0 Å². The van der Waals surface area contributed by atoms with Crippen molar-refractivity contribution in [1.82, 2.24) is 20.1 Å². The molecule has 1 unspecified atom stereocenters. The molecule has 0 aliphatic carbocycles. The Morgan fingerprint density at radius 3 is 2.67 bits per heavy atom. The third-order valence-electron chi connectivity index (χ3n) is 6.59. The highest BCUT2D eigenvalue weighted by molar-refractivity contribution is 5.88. The van der Waals surface area contributed by atoms with Crippen LogP contribution in [0, 0.1) is 0 Å². The molecule has 2 fully saturated rings. The lowest BCUT2D eigenvalue weighted by Crippen LogP contribution is -2.58. The number of morpholine rings is 1. The summed E-state index contributed by atoms with van der Waals surface area (Å²) in [5, 5.41) is 19.2. The van der Waals surface area contributed by atoms with E-state index in [1.54, 1.807) is 30.3 Å². The van der Waals surface area contributed by atoms with Crippen molar-refractivity contribution in [3.8, 4) is 17.0 Å². The van der Waals surface area contributed by atoms with Crippen LogP contribution in [0.2, 0.25) is 0 Å². The first-order valence-electron chi connectivity index (χ1n) is 10.9. The minimum Gasteiger partial charge on any atom is -0.507 e. The Morgan fingerprint density at radius 1 is 1.27 bits per heavy atom. The predicted molar refractivity (Wildman–Crippen MR) is 118 cm³/mol. The van der Waals surface area contributed by atoms with Gasteiger partial charge in [0.05, 0.1) is 31.0 Å². The van der Waals surface area contributed by atoms with Crippen molar-refractivity contribution < 1.29 is 23.4 Å². The quantitative estimate of drug-likeness (QED) is 0.573. The van der Waals surface area contributed by atoms with E-state index in [9.17, 15) is 18.7 Å². The molecule has 2 aliphatic rings. The Hall–Kier alpha value is -3.33. The van der Waals surface area contributed by atoms with E-state index in [0.717, 1.165) is 5.69 Å². The van der Waals surface area contributed by atoms with Gasteiger partial charge in [0.2, 0.25) is 12.3 Å². The molecule has 5 rings (SSSR count). The molecule has 1 aromatic carbocycles. The Kier molecular flexibility index (Phi) is 5.57.